The van der Waals surface area contributed by atoms with Gasteiger partial charge in [-0.15, -0.1) is 0 Å². The van der Waals surface area contributed by atoms with Crippen LogP contribution in [0.4, 0.5) is 0 Å². The molecule has 0 spiro atoms. The van der Waals surface area contributed by atoms with Gasteiger partial charge < -0.3 is 9.63 Å². The fraction of sp³-hybridized carbons (Fsp3) is 0.417. The van der Waals surface area contributed by atoms with Gasteiger partial charge in [0, 0.05) is 10.7 Å². The molecular formula is C12H12BrN3O2. The number of aromatic nitrogens is 3. The standard InChI is InChI=1S/C12H12BrN3O2/c13-7-4-5-9(14-6-7)11-15-12(18-16-11)8-2-1-3-10(8)17/h4-6,8,10,17H,1-3H2. The first kappa shape index (κ1) is 11.8. The average Bonchev–Trinajstić information content (AvgIpc) is 2.98. The van der Waals surface area contributed by atoms with Crippen LogP contribution in [0.25, 0.3) is 11.5 Å². The van der Waals surface area contributed by atoms with Gasteiger partial charge in [0.25, 0.3) is 0 Å². The van der Waals surface area contributed by atoms with E-state index in [0.29, 0.717) is 17.4 Å². The molecule has 1 N–H and O–H groups in total. The predicted molar refractivity (Wildman–Crippen MR) is 67.8 cm³/mol. The van der Waals surface area contributed by atoms with E-state index in [0.717, 1.165) is 23.7 Å². The number of pyridine rings is 1. The molecule has 0 aromatic carbocycles. The highest BCUT2D eigenvalue weighted by atomic mass is 79.9. The predicted octanol–water partition coefficient (Wildman–Crippen LogP) is 2.52. The topological polar surface area (TPSA) is 72.0 Å². The quantitative estimate of drug-likeness (QED) is 0.923. The largest absolute Gasteiger partial charge is 0.392 e. The molecule has 0 amide bonds. The van der Waals surface area contributed by atoms with Crippen LogP contribution in [0, 0.1) is 0 Å². The maximum Gasteiger partial charge on any atom is 0.232 e. The van der Waals surface area contributed by atoms with Gasteiger partial charge in [0.1, 0.15) is 5.69 Å². The molecule has 2 aromatic heterocycles. The minimum absolute atomic E-state index is 0.0262. The molecule has 2 atom stereocenters. The number of hydrogen-bond donors (Lipinski definition) is 1. The number of aliphatic hydroxyl groups excluding tert-OH is 1. The van der Waals surface area contributed by atoms with E-state index >= 15 is 0 Å². The van der Waals surface area contributed by atoms with Gasteiger partial charge in [0.2, 0.25) is 11.7 Å². The summed E-state index contributed by atoms with van der Waals surface area (Å²) in [5, 5.41) is 13.7. The van der Waals surface area contributed by atoms with Crippen molar-refractivity contribution in [3.8, 4) is 11.5 Å². The van der Waals surface area contributed by atoms with Gasteiger partial charge in [-0.25, -0.2) is 0 Å². The number of hydrogen-bond acceptors (Lipinski definition) is 5. The maximum atomic E-state index is 9.81. The number of halogens is 1. The molecule has 0 radical (unpaired) electrons. The Morgan fingerprint density at radius 3 is 2.89 bits per heavy atom. The van der Waals surface area contributed by atoms with Crippen molar-refractivity contribution in [1.82, 2.24) is 15.1 Å². The Labute approximate surface area is 112 Å². The molecule has 94 valence electrons. The van der Waals surface area contributed by atoms with E-state index in [4.69, 9.17) is 4.52 Å². The van der Waals surface area contributed by atoms with Gasteiger partial charge in [0.15, 0.2) is 0 Å². The highest BCUT2D eigenvalue weighted by molar-refractivity contribution is 9.10. The number of rotatable bonds is 2. The second kappa shape index (κ2) is 4.78. The van der Waals surface area contributed by atoms with Crippen LogP contribution in [0.5, 0.6) is 0 Å². The zero-order valence-corrected chi connectivity index (χ0v) is 11.2. The van der Waals surface area contributed by atoms with Gasteiger partial charge in [-0.2, -0.15) is 4.98 Å². The first-order chi connectivity index (χ1) is 8.74. The molecule has 0 saturated heterocycles. The van der Waals surface area contributed by atoms with E-state index in [1.807, 2.05) is 12.1 Å². The molecule has 5 nitrogen and oxygen atoms in total. The fourth-order valence-electron chi connectivity index (χ4n) is 2.23. The first-order valence-corrected chi connectivity index (χ1v) is 6.67. The molecule has 1 fully saturated rings. The van der Waals surface area contributed by atoms with Gasteiger partial charge in [-0.3, -0.25) is 4.98 Å². The van der Waals surface area contributed by atoms with Gasteiger partial charge >= 0.3 is 0 Å². The normalized spacial score (nSPS) is 23.4. The summed E-state index contributed by atoms with van der Waals surface area (Å²) in [6.45, 7) is 0. The van der Waals surface area contributed by atoms with E-state index in [9.17, 15) is 5.11 Å². The monoisotopic (exact) mass is 309 g/mol. The minimum Gasteiger partial charge on any atom is -0.392 e. The Kier molecular flexibility index (Phi) is 3.13. The Hall–Kier alpha value is -1.27. The summed E-state index contributed by atoms with van der Waals surface area (Å²) in [6, 6.07) is 3.70. The Morgan fingerprint density at radius 1 is 1.33 bits per heavy atom. The fourth-order valence-corrected chi connectivity index (χ4v) is 2.46. The lowest BCUT2D eigenvalue weighted by Gasteiger charge is -2.07. The van der Waals surface area contributed by atoms with Crippen LogP contribution >= 0.6 is 15.9 Å². The summed E-state index contributed by atoms with van der Waals surface area (Å²) in [6.07, 6.45) is 4.03. The molecule has 6 heteroatoms. The summed E-state index contributed by atoms with van der Waals surface area (Å²) in [7, 11) is 0. The molecule has 1 aliphatic carbocycles. The van der Waals surface area contributed by atoms with Crippen LogP contribution in [0.1, 0.15) is 31.1 Å². The van der Waals surface area contributed by atoms with Crippen molar-refractivity contribution in [2.75, 3.05) is 0 Å². The third kappa shape index (κ3) is 2.18. The van der Waals surface area contributed by atoms with E-state index in [2.05, 4.69) is 31.1 Å². The lowest BCUT2D eigenvalue weighted by Crippen LogP contribution is -2.11. The number of aliphatic hydroxyl groups is 1. The van der Waals surface area contributed by atoms with E-state index in [-0.39, 0.29) is 12.0 Å². The summed E-state index contributed by atoms with van der Waals surface area (Å²) in [5.74, 6) is 0.956. The van der Waals surface area contributed by atoms with Crippen LogP contribution in [-0.2, 0) is 0 Å². The second-order valence-corrected chi connectivity index (χ2v) is 5.34. The van der Waals surface area contributed by atoms with Crippen molar-refractivity contribution in [2.45, 2.75) is 31.3 Å². The van der Waals surface area contributed by atoms with Crippen molar-refractivity contribution >= 4 is 15.9 Å². The molecule has 2 unspecified atom stereocenters. The molecular weight excluding hydrogens is 298 g/mol. The SMILES string of the molecule is OC1CCCC1c1nc(-c2ccc(Br)cn2)no1. The second-order valence-electron chi connectivity index (χ2n) is 4.42. The number of nitrogens with zero attached hydrogens (tertiary/aromatic N) is 3. The zero-order chi connectivity index (χ0) is 12.5. The molecule has 0 bridgehead atoms. The van der Waals surface area contributed by atoms with Crippen LogP contribution in [-0.4, -0.2) is 26.3 Å². The van der Waals surface area contributed by atoms with Crippen LogP contribution in [0.3, 0.4) is 0 Å². The van der Waals surface area contributed by atoms with Crippen molar-refractivity contribution < 1.29 is 9.63 Å². The summed E-state index contributed by atoms with van der Waals surface area (Å²) in [4.78, 5) is 8.54. The molecule has 1 aliphatic rings. The lowest BCUT2D eigenvalue weighted by molar-refractivity contribution is 0.148. The van der Waals surface area contributed by atoms with Gasteiger partial charge in [-0.1, -0.05) is 5.16 Å². The van der Waals surface area contributed by atoms with Gasteiger partial charge in [0.05, 0.1) is 12.0 Å². The van der Waals surface area contributed by atoms with E-state index in [1.54, 1.807) is 6.20 Å². The third-order valence-corrected chi connectivity index (χ3v) is 3.66. The molecule has 2 aromatic rings. The molecule has 0 aliphatic heterocycles. The van der Waals surface area contributed by atoms with Gasteiger partial charge in [-0.05, 0) is 47.3 Å². The Morgan fingerprint density at radius 2 is 2.22 bits per heavy atom. The van der Waals surface area contributed by atoms with Crippen LogP contribution in [0.15, 0.2) is 27.3 Å². The van der Waals surface area contributed by atoms with Crippen molar-refractivity contribution in [3.63, 3.8) is 0 Å². The van der Waals surface area contributed by atoms with Crippen molar-refractivity contribution in [2.24, 2.45) is 0 Å². The smallest absolute Gasteiger partial charge is 0.232 e. The van der Waals surface area contributed by atoms with Crippen LogP contribution < -0.4 is 0 Å². The zero-order valence-electron chi connectivity index (χ0n) is 9.58. The van der Waals surface area contributed by atoms with Crippen LogP contribution in [0.2, 0.25) is 0 Å². The molecule has 2 heterocycles. The summed E-state index contributed by atoms with van der Waals surface area (Å²) >= 11 is 3.33. The minimum atomic E-state index is -0.365. The molecule has 3 rings (SSSR count). The molecule has 18 heavy (non-hydrogen) atoms. The highest BCUT2D eigenvalue weighted by Crippen LogP contribution is 2.34. The third-order valence-electron chi connectivity index (χ3n) is 3.19. The average molecular weight is 310 g/mol. The van der Waals surface area contributed by atoms with E-state index < -0.39 is 0 Å². The molecule has 1 saturated carbocycles. The van der Waals surface area contributed by atoms with E-state index in [1.165, 1.54) is 0 Å². The first-order valence-electron chi connectivity index (χ1n) is 5.87. The Balaban J connectivity index is 1.87. The van der Waals surface area contributed by atoms with Crippen molar-refractivity contribution in [1.29, 1.82) is 0 Å². The lowest BCUT2D eigenvalue weighted by atomic mass is 10.1. The Bertz CT molecular complexity index is 541. The van der Waals surface area contributed by atoms with Crippen molar-refractivity contribution in [3.05, 3.63) is 28.7 Å². The maximum absolute atomic E-state index is 9.81. The highest BCUT2D eigenvalue weighted by Gasteiger charge is 2.31. The summed E-state index contributed by atoms with van der Waals surface area (Å²) < 4.78 is 6.13. The summed E-state index contributed by atoms with van der Waals surface area (Å²) in [5.41, 5.74) is 0.667.